The van der Waals surface area contributed by atoms with Gasteiger partial charge >= 0.3 is 0 Å². The molecular formula is C12H27N3O. The lowest BCUT2D eigenvalue weighted by molar-refractivity contribution is -0.132. The van der Waals surface area contributed by atoms with Crippen LogP contribution in [0.15, 0.2) is 0 Å². The Morgan fingerprint density at radius 2 is 1.81 bits per heavy atom. The van der Waals surface area contributed by atoms with E-state index in [2.05, 4.69) is 13.8 Å². The highest BCUT2D eigenvalue weighted by Crippen LogP contribution is 2.13. The van der Waals surface area contributed by atoms with Gasteiger partial charge in [-0.25, -0.2) is 0 Å². The summed E-state index contributed by atoms with van der Waals surface area (Å²) in [7, 11) is 3.80. The minimum atomic E-state index is 0.0609. The Bertz CT molecular complexity index is 226. The minimum Gasteiger partial charge on any atom is -0.342 e. The van der Waals surface area contributed by atoms with Gasteiger partial charge in [-0.2, -0.15) is 0 Å². The fraction of sp³-hybridized carbons (Fsp3) is 0.917. The highest BCUT2D eigenvalue weighted by molar-refractivity contribution is 5.78. The number of hydrogen-bond acceptors (Lipinski definition) is 3. The molecule has 0 aromatic rings. The largest absolute Gasteiger partial charge is 0.342 e. The molecule has 0 radical (unpaired) electrons. The molecule has 0 aliphatic carbocycles. The maximum absolute atomic E-state index is 11.8. The van der Waals surface area contributed by atoms with Crippen molar-refractivity contribution in [2.45, 2.75) is 33.7 Å². The molecule has 0 rings (SSSR count). The van der Waals surface area contributed by atoms with Crippen LogP contribution in [-0.2, 0) is 4.79 Å². The number of carbonyl (C=O) groups is 1. The van der Waals surface area contributed by atoms with Crippen LogP contribution in [0.25, 0.3) is 0 Å². The van der Waals surface area contributed by atoms with Crippen LogP contribution >= 0.6 is 0 Å². The zero-order chi connectivity index (χ0) is 12.9. The molecule has 0 aromatic carbocycles. The van der Waals surface area contributed by atoms with E-state index in [0.29, 0.717) is 13.1 Å². The van der Waals surface area contributed by atoms with Crippen LogP contribution in [0, 0.1) is 5.41 Å². The third kappa shape index (κ3) is 5.47. The summed E-state index contributed by atoms with van der Waals surface area (Å²) in [6.07, 6.45) is 0. The average molecular weight is 229 g/mol. The van der Waals surface area contributed by atoms with Crippen molar-refractivity contribution in [1.82, 2.24) is 9.80 Å². The second-order valence-corrected chi connectivity index (χ2v) is 5.64. The number of nitrogens with two attached hydrogens (primary N) is 1. The van der Waals surface area contributed by atoms with E-state index < -0.39 is 0 Å². The number of amides is 1. The van der Waals surface area contributed by atoms with E-state index in [0.717, 1.165) is 6.54 Å². The van der Waals surface area contributed by atoms with E-state index >= 15 is 0 Å². The number of rotatable bonds is 6. The first kappa shape index (κ1) is 15.4. The van der Waals surface area contributed by atoms with Crippen LogP contribution in [-0.4, -0.2) is 55.5 Å². The van der Waals surface area contributed by atoms with Crippen molar-refractivity contribution in [2.75, 3.05) is 33.7 Å². The van der Waals surface area contributed by atoms with Crippen LogP contribution in [0.5, 0.6) is 0 Å². The molecule has 0 heterocycles. The summed E-state index contributed by atoms with van der Waals surface area (Å²) in [4.78, 5) is 15.6. The van der Waals surface area contributed by atoms with Gasteiger partial charge < -0.3 is 10.6 Å². The standard InChI is InChI=1S/C12H27N3O/c1-10(2)15(6)11(16)7-14(5)9-12(3,4)8-13/h10H,7-9,13H2,1-6H3. The molecule has 0 aliphatic heterocycles. The zero-order valence-electron chi connectivity index (χ0n) is 11.6. The van der Waals surface area contributed by atoms with Crippen molar-refractivity contribution in [1.29, 1.82) is 0 Å². The molecule has 4 heteroatoms. The molecule has 0 atom stereocenters. The Hall–Kier alpha value is -0.610. The number of hydrogen-bond donors (Lipinski definition) is 1. The van der Waals surface area contributed by atoms with Crippen molar-refractivity contribution in [3.63, 3.8) is 0 Å². The molecule has 0 spiro atoms. The number of likely N-dealkylation sites (N-methyl/N-ethyl adjacent to an activating group) is 2. The molecule has 0 aliphatic rings. The van der Waals surface area contributed by atoms with E-state index in [1.165, 1.54) is 0 Å². The molecule has 0 fully saturated rings. The van der Waals surface area contributed by atoms with E-state index in [9.17, 15) is 4.79 Å². The highest BCUT2D eigenvalue weighted by Gasteiger charge is 2.21. The predicted molar refractivity (Wildman–Crippen MR) is 68.2 cm³/mol. The molecule has 16 heavy (non-hydrogen) atoms. The molecule has 1 amide bonds. The first-order valence-electron chi connectivity index (χ1n) is 5.84. The Labute approximate surface area is 99.8 Å². The van der Waals surface area contributed by atoms with Gasteiger partial charge in [0.15, 0.2) is 0 Å². The lowest BCUT2D eigenvalue weighted by atomic mass is 9.93. The van der Waals surface area contributed by atoms with Gasteiger partial charge in [-0.15, -0.1) is 0 Å². The molecular weight excluding hydrogens is 202 g/mol. The Balaban J connectivity index is 4.15. The Morgan fingerprint density at radius 3 is 2.19 bits per heavy atom. The van der Waals surface area contributed by atoms with Crippen LogP contribution < -0.4 is 5.73 Å². The van der Waals surface area contributed by atoms with Crippen molar-refractivity contribution in [2.24, 2.45) is 11.1 Å². The lowest BCUT2D eigenvalue weighted by Crippen LogP contribution is -2.44. The Morgan fingerprint density at radius 1 is 1.31 bits per heavy atom. The van der Waals surface area contributed by atoms with Gasteiger partial charge in [-0.3, -0.25) is 9.69 Å². The van der Waals surface area contributed by atoms with Crippen molar-refractivity contribution in [3.8, 4) is 0 Å². The summed E-state index contributed by atoms with van der Waals surface area (Å²) in [5, 5.41) is 0. The lowest BCUT2D eigenvalue weighted by Gasteiger charge is -2.30. The van der Waals surface area contributed by atoms with Gasteiger partial charge in [0.05, 0.1) is 6.54 Å². The summed E-state index contributed by atoms with van der Waals surface area (Å²) < 4.78 is 0. The van der Waals surface area contributed by atoms with Crippen LogP contribution in [0.3, 0.4) is 0 Å². The maximum atomic E-state index is 11.8. The quantitative estimate of drug-likeness (QED) is 0.732. The predicted octanol–water partition coefficient (Wildman–Crippen LogP) is 0.770. The maximum Gasteiger partial charge on any atom is 0.236 e. The number of nitrogens with zero attached hydrogens (tertiary/aromatic N) is 2. The van der Waals surface area contributed by atoms with Crippen molar-refractivity contribution < 1.29 is 4.79 Å². The summed E-state index contributed by atoms with van der Waals surface area (Å²) in [5.74, 6) is 0.158. The number of carbonyl (C=O) groups excluding carboxylic acids is 1. The minimum absolute atomic E-state index is 0.0609. The fourth-order valence-corrected chi connectivity index (χ4v) is 1.48. The van der Waals surface area contributed by atoms with Crippen molar-refractivity contribution >= 4 is 5.91 Å². The van der Waals surface area contributed by atoms with E-state index in [1.807, 2.05) is 32.8 Å². The van der Waals surface area contributed by atoms with E-state index in [1.54, 1.807) is 4.90 Å². The molecule has 0 saturated heterocycles. The van der Waals surface area contributed by atoms with E-state index in [-0.39, 0.29) is 17.4 Å². The Kier molecular flexibility index (Phi) is 5.97. The van der Waals surface area contributed by atoms with Gasteiger partial charge in [-0.05, 0) is 32.9 Å². The van der Waals surface area contributed by atoms with Crippen molar-refractivity contribution in [3.05, 3.63) is 0 Å². The average Bonchev–Trinajstić information content (AvgIpc) is 2.15. The monoisotopic (exact) mass is 229 g/mol. The fourth-order valence-electron chi connectivity index (χ4n) is 1.48. The molecule has 96 valence electrons. The second-order valence-electron chi connectivity index (χ2n) is 5.64. The molecule has 0 saturated carbocycles. The van der Waals surface area contributed by atoms with Gasteiger partial charge in [0.1, 0.15) is 0 Å². The topological polar surface area (TPSA) is 49.6 Å². The third-order valence-electron chi connectivity index (χ3n) is 2.82. The third-order valence-corrected chi connectivity index (χ3v) is 2.82. The molecule has 0 aromatic heterocycles. The summed E-state index contributed by atoms with van der Waals surface area (Å²) in [5.41, 5.74) is 5.73. The first-order valence-corrected chi connectivity index (χ1v) is 5.84. The molecule has 0 bridgehead atoms. The molecule has 0 unspecified atom stereocenters. The zero-order valence-corrected chi connectivity index (χ0v) is 11.6. The molecule has 4 nitrogen and oxygen atoms in total. The van der Waals surface area contributed by atoms with Gasteiger partial charge in [0, 0.05) is 19.6 Å². The summed E-state index contributed by atoms with van der Waals surface area (Å²) >= 11 is 0. The van der Waals surface area contributed by atoms with E-state index in [4.69, 9.17) is 5.73 Å². The second kappa shape index (κ2) is 6.21. The summed E-state index contributed by atoms with van der Waals surface area (Å²) in [6.45, 7) is 10.2. The molecule has 2 N–H and O–H groups in total. The summed E-state index contributed by atoms with van der Waals surface area (Å²) in [6, 6.07) is 0.253. The highest BCUT2D eigenvalue weighted by atomic mass is 16.2. The smallest absolute Gasteiger partial charge is 0.236 e. The first-order chi connectivity index (χ1) is 7.19. The van der Waals surface area contributed by atoms with Crippen LogP contribution in [0.1, 0.15) is 27.7 Å². The van der Waals surface area contributed by atoms with Crippen LogP contribution in [0.2, 0.25) is 0 Å². The SMILES string of the molecule is CC(C)N(C)C(=O)CN(C)CC(C)(C)CN. The van der Waals surface area contributed by atoms with Crippen LogP contribution in [0.4, 0.5) is 0 Å². The van der Waals surface area contributed by atoms with Gasteiger partial charge in [0.25, 0.3) is 0 Å². The normalized spacial score (nSPS) is 12.3. The van der Waals surface area contributed by atoms with Gasteiger partial charge in [-0.1, -0.05) is 13.8 Å². The van der Waals surface area contributed by atoms with Gasteiger partial charge in [0.2, 0.25) is 5.91 Å².